The first kappa shape index (κ1) is 24.6. The third kappa shape index (κ3) is 5.75. The molecule has 4 rings (SSSR count). The maximum absolute atomic E-state index is 13.6. The number of aromatic amines is 1. The van der Waals surface area contributed by atoms with Crippen molar-refractivity contribution in [1.82, 2.24) is 20.2 Å². The molecule has 0 aliphatic heterocycles. The molecular formula is C23H22FN7O4S. The van der Waals surface area contributed by atoms with Gasteiger partial charge in [0, 0.05) is 18.0 Å². The number of hydrogen-bond donors (Lipinski definition) is 4. The molecule has 0 radical (unpaired) electrons. The summed E-state index contributed by atoms with van der Waals surface area (Å²) in [6.07, 6.45) is 4.43. The summed E-state index contributed by atoms with van der Waals surface area (Å²) in [5.74, 6) is -0.628. The lowest BCUT2D eigenvalue weighted by molar-refractivity contribution is 0.100. The molecule has 0 saturated carbocycles. The topological polar surface area (TPSA) is 165 Å². The predicted molar refractivity (Wildman–Crippen MR) is 132 cm³/mol. The summed E-state index contributed by atoms with van der Waals surface area (Å²) in [6, 6.07) is 10.4. The number of amides is 1. The molecule has 5 N–H and O–H groups in total. The number of nitrogens with one attached hydrogen (secondary N) is 3. The monoisotopic (exact) mass is 511 g/mol. The molecular weight excluding hydrogens is 489 g/mol. The second kappa shape index (κ2) is 10.4. The summed E-state index contributed by atoms with van der Waals surface area (Å²) in [4.78, 5) is 20.4. The van der Waals surface area contributed by atoms with Crippen molar-refractivity contribution in [2.24, 2.45) is 5.73 Å². The van der Waals surface area contributed by atoms with Crippen LogP contribution in [0.5, 0.6) is 5.75 Å². The first-order valence-corrected chi connectivity index (χ1v) is 12.3. The molecule has 1 amide bonds. The molecule has 0 bridgehead atoms. The number of rotatable bonds is 10. The van der Waals surface area contributed by atoms with Crippen molar-refractivity contribution in [2.75, 3.05) is 15.8 Å². The van der Waals surface area contributed by atoms with Crippen molar-refractivity contribution in [3.8, 4) is 17.0 Å². The number of sulfonamides is 1. The van der Waals surface area contributed by atoms with E-state index in [1.807, 2.05) is 0 Å². The van der Waals surface area contributed by atoms with Crippen LogP contribution >= 0.6 is 0 Å². The molecule has 11 nitrogen and oxygen atoms in total. The minimum absolute atomic E-state index is 0.0369. The molecule has 0 unspecified atom stereocenters. The van der Waals surface area contributed by atoms with Gasteiger partial charge < -0.3 is 15.8 Å². The second-order valence-electron chi connectivity index (χ2n) is 7.54. The van der Waals surface area contributed by atoms with E-state index in [0.717, 1.165) is 0 Å². The fourth-order valence-electron chi connectivity index (χ4n) is 3.27. The van der Waals surface area contributed by atoms with Crippen LogP contribution in [0.2, 0.25) is 0 Å². The standard InChI is InChI=1S/C23H22FN7O4S/c1-2-36(33,34)31-17-7-6-15(11-18(17)35-13-14-4-3-5-16(24)10-14)21-20(22(25)32)23(30-29-21)28-19-12-26-8-9-27-19/h3-12,31H,2,13H2,1H3,(H2,25,32)(H2,27,28,29,30). The van der Waals surface area contributed by atoms with Crippen molar-refractivity contribution in [2.45, 2.75) is 13.5 Å². The molecule has 2 heterocycles. The molecule has 13 heteroatoms. The van der Waals surface area contributed by atoms with Crippen LogP contribution in [-0.4, -0.2) is 40.2 Å². The highest BCUT2D eigenvalue weighted by Crippen LogP contribution is 2.35. The highest BCUT2D eigenvalue weighted by atomic mass is 32.2. The van der Waals surface area contributed by atoms with Crippen LogP contribution in [0.25, 0.3) is 11.3 Å². The molecule has 0 fully saturated rings. The molecule has 2 aromatic carbocycles. The fourth-order valence-corrected chi connectivity index (χ4v) is 3.92. The number of H-pyrrole nitrogens is 1. The highest BCUT2D eigenvalue weighted by Gasteiger charge is 2.22. The Morgan fingerprint density at radius 2 is 2.03 bits per heavy atom. The normalized spacial score (nSPS) is 11.2. The number of carbonyl (C=O) groups is 1. The Hall–Kier alpha value is -4.52. The SMILES string of the molecule is CCS(=O)(=O)Nc1ccc(-c2n[nH]c(Nc3cnccn3)c2C(N)=O)cc1OCc1cccc(F)c1. The molecule has 0 spiro atoms. The van der Waals surface area contributed by atoms with Crippen molar-refractivity contribution in [3.05, 3.63) is 78.0 Å². The van der Waals surface area contributed by atoms with Crippen molar-refractivity contribution >= 4 is 33.3 Å². The average molecular weight is 512 g/mol. The van der Waals surface area contributed by atoms with Gasteiger partial charge in [-0.05, 0) is 36.8 Å². The largest absolute Gasteiger partial charge is 0.487 e. The Labute approximate surface area is 206 Å². The number of hydrogen-bond acceptors (Lipinski definition) is 8. The van der Waals surface area contributed by atoms with Crippen molar-refractivity contribution in [3.63, 3.8) is 0 Å². The van der Waals surface area contributed by atoms with Crippen molar-refractivity contribution < 1.29 is 22.3 Å². The van der Waals surface area contributed by atoms with Gasteiger partial charge >= 0.3 is 0 Å². The number of nitrogens with zero attached hydrogens (tertiary/aromatic N) is 3. The Morgan fingerprint density at radius 1 is 1.19 bits per heavy atom. The van der Waals surface area contributed by atoms with E-state index in [0.29, 0.717) is 16.9 Å². The van der Waals surface area contributed by atoms with Crippen LogP contribution < -0.4 is 20.5 Å². The minimum Gasteiger partial charge on any atom is -0.487 e. The minimum atomic E-state index is -3.62. The van der Waals surface area contributed by atoms with Gasteiger partial charge in [0.25, 0.3) is 5.91 Å². The van der Waals surface area contributed by atoms with Crippen LogP contribution in [-0.2, 0) is 16.6 Å². The predicted octanol–water partition coefficient (Wildman–Crippen LogP) is 3.19. The maximum atomic E-state index is 13.6. The third-order valence-corrected chi connectivity index (χ3v) is 6.30. The molecule has 2 aromatic heterocycles. The van der Waals surface area contributed by atoms with Gasteiger partial charge in [0.15, 0.2) is 0 Å². The van der Waals surface area contributed by atoms with E-state index < -0.39 is 21.7 Å². The number of carbonyl (C=O) groups excluding carboxylic acids is 1. The van der Waals surface area contributed by atoms with Crippen LogP contribution in [0.1, 0.15) is 22.8 Å². The molecule has 0 aliphatic rings. The molecule has 36 heavy (non-hydrogen) atoms. The van der Waals surface area contributed by atoms with Crippen LogP contribution in [0.3, 0.4) is 0 Å². The highest BCUT2D eigenvalue weighted by molar-refractivity contribution is 7.92. The molecule has 0 saturated heterocycles. The molecule has 4 aromatic rings. The number of ether oxygens (including phenoxy) is 1. The van der Waals surface area contributed by atoms with Crippen LogP contribution in [0, 0.1) is 5.82 Å². The lowest BCUT2D eigenvalue weighted by Gasteiger charge is -2.15. The summed E-state index contributed by atoms with van der Waals surface area (Å²) < 4.78 is 46.3. The quantitative estimate of drug-likeness (QED) is 0.252. The summed E-state index contributed by atoms with van der Waals surface area (Å²) in [6.45, 7) is 1.46. The summed E-state index contributed by atoms with van der Waals surface area (Å²) in [5, 5.41) is 9.85. The van der Waals surface area contributed by atoms with Gasteiger partial charge in [-0.2, -0.15) is 5.10 Å². The molecule has 0 atom stereocenters. The summed E-state index contributed by atoms with van der Waals surface area (Å²) >= 11 is 0. The number of nitrogens with two attached hydrogens (primary N) is 1. The maximum Gasteiger partial charge on any atom is 0.254 e. The van der Waals surface area contributed by atoms with E-state index in [4.69, 9.17) is 10.5 Å². The van der Waals surface area contributed by atoms with Gasteiger partial charge in [0.2, 0.25) is 10.0 Å². The summed E-state index contributed by atoms with van der Waals surface area (Å²) in [7, 11) is -3.62. The second-order valence-corrected chi connectivity index (χ2v) is 9.55. The zero-order valence-corrected chi connectivity index (χ0v) is 19.8. The van der Waals surface area contributed by atoms with Gasteiger partial charge in [0.1, 0.15) is 41.1 Å². The lowest BCUT2D eigenvalue weighted by Crippen LogP contribution is -2.15. The average Bonchev–Trinajstić information content (AvgIpc) is 3.28. The van der Waals surface area contributed by atoms with E-state index in [2.05, 4.69) is 30.2 Å². The third-order valence-electron chi connectivity index (χ3n) is 5.01. The van der Waals surface area contributed by atoms with E-state index in [1.165, 1.54) is 49.8 Å². The van der Waals surface area contributed by atoms with E-state index in [-0.39, 0.29) is 40.9 Å². The molecule has 186 valence electrons. The smallest absolute Gasteiger partial charge is 0.254 e. The zero-order valence-electron chi connectivity index (χ0n) is 19.0. The zero-order chi connectivity index (χ0) is 25.7. The number of benzene rings is 2. The van der Waals surface area contributed by atoms with Crippen LogP contribution in [0.4, 0.5) is 21.7 Å². The number of primary amides is 1. The Balaban J connectivity index is 1.72. The Bertz CT molecular complexity index is 1490. The van der Waals surface area contributed by atoms with Gasteiger partial charge in [-0.15, -0.1) is 0 Å². The van der Waals surface area contributed by atoms with Gasteiger partial charge in [0.05, 0.1) is 17.6 Å². The number of halogens is 1. The van der Waals surface area contributed by atoms with E-state index in [9.17, 15) is 17.6 Å². The first-order chi connectivity index (χ1) is 17.3. The van der Waals surface area contributed by atoms with Crippen LogP contribution in [0.15, 0.2) is 61.1 Å². The van der Waals surface area contributed by atoms with Gasteiger partial charge in [-0.25, -0.2) is 17.8 Å². The lowest BCUT2D eigenvalue weighted by atomic mass is 10.1. The van der Waals surface area contributed by atoms with E-state index in [1.54, 1.807) is 18.2 Å². The fraction of sp³-hybridized carbons (Fsp3) is 0.130. The van der Waals surface area contributed by atoms with Gasteiger partial charge in [-0.3, -0.25) is 19.6 Å². The first-order valence-electron chi connectivity index (χ1n) is 10.7. The Morgan fingerprint density at radius 3 is 2.72 bits per heavy atom. The number of anilines is 3. The molecule has 0 aliphatic carbocycles. The summed E-state index contributed by atoms with van der Waals surface area (Å²) in [5.41, 5.74) is 7.02. The number of aromatic nitrogens is 4. The van der Waals surface area contributed by atoms with Crippen molar-refractivity contribution in [1.29, 1.82) is 0 Å². The van der Waals surface area contributed by atoms with Gasteiger partial charge in [-0.1, -0.05) is 18.2 Å². The van der Waals surface area contributed by atoms with E-state index >= 15 is 0 Å². The Kier molecular flexibility index (Phi) is 7.10.